The van der Waals surface area contributed by atoms with Crippen molar-refractivity contribution in [2.45, 2.75) is 13.0 Å². The Bertz CT molecular complexity index is 467. The van der Waals surface area contributed by atoms with Crippen LogP contribution in [0.15, 0.2) is 18.2 Å². The maximum atomic E-state index is 12.0. The minimum absolute atomic E-state index is 0.0574. The zero-order valence-electron chi connectivity index (χ0n) is 10.7. The maximum absolute atomic E-state index is 12.0. The summed E-state index contributed by atoms with van der Waals surface area (Å²) >= 11 is 11.8. The van der Waals surface area contributed by atoms with E-state index in [1.807, 2.05) is 0 Å². The highest BCUT2D eigenvalue weighted by Crippen LogP contribution is 2.25. The molecule has 1 amide bonds. The molecule has 1 heterocycles. The van der Waals surface area contributed by atoms with Gasteiger partial charge in [-0.1, -0.05) is 23.2 Å². The van der Waals surface area contributed by atoms with E-state index in [-0.39, 0.29) is 5.91 Å². The Morgan fingerprint density at radius 3 is 3.00 bits per heavy atom. The Labute approximate surface area is 123 Å². The molecular formula is C13H17Cl2N3O. The molecule has 104 valence electrons. The molecule has 0 radical (unpaired) electrons. The second-order valence-corrected chi connectivity index (χ2v) is 5.54. The van der Waals surface area contributed by atoms with E-state index in [9.17, 15) is 4.79 Å². The van der Waals surface area contributed by atoms with Gasteiger partial charge in [0.15, 0.2) is 0 Å². The third-order valence-corrected chi connectivity index (χ3v) is 3.74. The summed E-state index contributed by atoms with van der Waals surface area (Å²) in [6.07, 6.45) is 0. The van der Waals surface area contributed by atoms with E-state index in [1.54, 1.807) is 18.2 Å². The smallest absolute Gasteiger partial charge is 0.238 e. The lowest BCUT2D eigenvalue weighted by molar-refractivity contribution is -0.118. The highest BCUT2D eigenvalue weighted by molar-refractivity contribution is 6.36. The summed E-state index contributed by atoms with van der Waals surface area (Å²) in [4.78, 5) is 14.1. The first-order chi connectivity index (χ1) is 9.06. The highest BCUT2D eigenvalue weighted by atomic mass is 35.5. The Morgan fingerprint density at radius 2 is 2.32 bits per heavy atom. The molecule has 6 heteroatoms. The lowest BCUT2D eigenvalue weighted by Crippen LogP contribution is -2.51. The summed E-state index contributed by atoms with van der Waals surface area (Å²) in [6, 6.07) is 5.40. The molecule has 0 spiro atoms. The minimum Gasteiger partial charge on any atom is -0.324 e. The zero-order chi connectivity index (χ0) is 13.8. The van der Waals surface area contributed by atoms with E-state index in [4.69, 9.17) is 23.2 Å². The average molecular weight is 302 g/mol. The second-order valence-electron chi connectivity index (χ2n) is 4.70. The van der Waals surface area contributed by atoms with Crippen molar-refractivity contribution >= 4 is 34.8 Å². The summed E-state index contributed by atoms with van der Waals surface area (Å²) < 4.78 is 0. The highest BCUT2D eigenvalue weighted by Gasteiger charge is 2.20. The van der Waals surface area contributed by atoms with E-state index < -0.39 is 0 Å². The first kappa shape index (κ1) is 14.6. The Kier molecular flexibility index (Phi) is 5.05. The van der Waals surface area contributed by atoms with Crippen LogP contribution < -0.4 is 10.6 Å². The quantitative estimate of drug-likeness (QED) is 0.900. The van der Waals surface area contributed by atoms with Crippen LogP contribution in [0, 0.1) is 0 Å². The monoisotopic (exact) mass is 301 g/mol. The van der Waals surface area contributed by atoms with Crippen LogP contribution in [-0.4, -0.2) is 43.0 Å². The fourth-order valence-corrected chi connectivity index (χ4v) is 2.54. The van der Waals surface area contributed by atoms with E-state index in [1.165, 1.54) is 0 Å². The SMILES string of the molecule is C[C@@H]1CNCCN1CC(=O)Nc1ccc(Cl)cc1Cl. The first-order valence-corrected chi connectivity index (χ1v) is 7.01. The average Bonchev–Trinajstić information content (AvgIpc) is 2.36. The molecule has 1 fully saturated rings. The maximum Gasteiger partial charge on any atom is 0.238 e. The molecule has 1 aliphatic heterocycles. The zero-order valence-corrected chi connectivity index (χ0v) is 12.3. The van der Waals surface area contributed by atoms with Gasteiger partial charge in [-0.05, 0) is 25.1 Å². The Balaban J connectivity index is 1.93. The number of nitrogens with zero attached hydrogens (tertiary/aromatic N) is 1. The lowest BCUT2D eigenvalue weighted by Gasteiger charge is -2.33. The summed E-state index contributed by atoms with van der Waals surface area (Å²) in [5, 5.41) is 7.11. The van der Waals surface area contributed by atoms with Crippen molar-refractivity contribution in [2.75, 3.05) is 31.5 Å². The molecule has 0 saturated carbocycles. The molecule has 0 aromatic heterocycles. The molecule has 0 unspecified atom stereocenters. The van der Waals surface area contributed by atoms with Crippen molar-refractivity contribution in [3.05, 3.63) is 28.2 Å². The standard InChI is InChI=1S/C13H17Cl2N3O/c1-9-7-16-4-5-18(9)8-13(19)17-12-3-2-10(14)6-11(12)15/h2-3,6,9,16H,4-5,7-8H2,1H3,(H,17,19)/t9-/m1/s1. The lowest BCUT2D eigenvalue weighted by atomic mass is 10.2. The Morgan fingerprint density at radius 1 is 1.53 bits per heavy atom. The summed E-state index contributed by atoms with van der Waals surface area (Å²) in [5.74, 6) is -0.0574. The molecule has 1 saturated heterocycles. The normalized spacial score (nSPS) is 20.3. The third-order valence-electron chi connectivity index (χ3n) is 3.19. The van der Waals surface area contributed by atoms with Crippen LogP contribution in [0.1, 0.15) is 6.92 Å². The van der Waals surface area contributed by atoms with Crippen molar-refractivity contribution in [3.63, 3.8) is 0 Å². The molecule has 1 aliphatic rings. The van der Waals surface area contributed by atoms with Gasteiger partial charge in [0.2, 0.25) is 5.91 Å². The number of nitrogens with one attached hydrogen (secondary N) is 2. The summed E-state index contributed by atoms with van der Waals surface area (Å²) in [6.45, 7) is 5.19. The predicted octanol–water partition coefficient (Wildman–Crippen LogP) is 2.23. The van der Waals surface area contributed by atoms with Crippen LogP contribution >= 0.6 is 23.2 Å². The largest absolute Gasteiger partial charge is 0.324 e. The number of piperazine rings is 1. The van der Waals surface area contributed by atoms with Gasteiger partial charge in [0.1, 0.15) is 0 Å². The topological polar surface area (TPSA) is 44.4 Å². The van der Waals surface area contributed by atoms with E-state index in [0.29, 0.717) is 28.3 Å². The van der Waals surface area contributed by atoms with E-state index in [2.05, 4.69) is 22.5 Å². The molecule has 4 nitrogen and oxygen atoms in total. The van der Waals surface area contributed by atoms with Crippen molar-refractivity contribution in [1.82, 2.24) is 10.2 Å². The molecular weight excluding hydrogens is 285 g/mol. The minimum atomic E-state index is -0.0574. The summed E-state index contributed by atoms with van der Waals surface area (Å²) in [7, 11) is 0. The fourth-order valence-electron chi connectivity index (χ4n) is 2.08. The van der Waals surface area contributed by atoms with E-state index >= 15 is 0 Å². The molecule has 2 N–H and O–H groups in total. The van der Waals surface area contributed by atoms with Gasteiger partial charge in [-0.3, -0.25) is 9.69 Å². The van der Waals surface area contributed by atoms with Crippen molar-refractivity contribution in [1.29, 1.82) is 0 Å². The van der Waals surface area contributed by atoms with Gasteiger partial charge in [-0.2, -0.15) is 0 Å². The number of halogens is 2. The van der Waals surface area contributed by atoms with Gasteiger partial charge in [0.25, 0.3) is 0 Å². The van der Waals surface area contributed by atoms with Crippen LogP contribution in [0.3, 0.4) is 0 Å². The molecule has 1 atom stereocenters. The van der Waals surface area contributed by atoms with Crippen molar-refractivity contribution < 1.29 is 4.79 Å². The molecule has 19 heavy (non-hydrogen) atoms. The molecule has 0 bridgehead atoms. The van der Waals surface area contributed by atoms with Crippen molar-refractivity contribution in [2.24, 2.45) is 0 Å². The molecule has 1 aromatic carbocycles. The third kappa shape index (κ3) is 4.08. The predicted molar refractivity (Wildman–Crippen MR) is 79.0 cm³/mol. The summed E-state index contributed by atoms with van der Waals surface area (Å²) in [5.41, 5.74) is 0.596. The van der Waals surface area contributed by atoms with Crippen molar-refractivity contribution in [3.8, 4) is 0 Å². The van der Waals surface area contributed by atoms with Crippen LogP contribution in [0.5, 0.6) is 0 Å². The first-order valence-electron chi connectivity index (χ1n) is 6.26. The number of amides is 1. The number of hydrogen-bond donors (Lipinski definition) is 2. The second kappa shape index (κ2) is 6.57. The van der Waals surface area contributed by atoms with Crippen LogP contribution in [0.2, 0.25) is 10.0 Å². The van der Waals surface area contributed by atoms with Gasteiger partial charge in [0, 0.05) is 30.7 Å². The van der Waals surface area contributed by atoms with E-state index in [0.717, 1.165) is 19.6 Å². The fraction of sp³-hybridized carbons (Fsp3) is 0.462. The number of hydrogen-bond acceptors (Lipinski definition) is 3. The number of benzene rings is 1. The molecule has 1 aromatic rings. The molecule has 2 rings (SSSR count). The van der Waals surface area contributed by atoms with Gasteiger partial charge in [-0.15, -0.1) is 0 Å². The number of anilines is 1. The van der Waals surface area contributed by atoms with Crippen LogP contribution in [0.4, 0.5) is 5.69 Å². The molecule has 0 aliphatic carbocycles. The number of carbonyl (C=O) groups is 1. The Hall–Kier alpha value is -0.810. The van der Waals surface area contributed by atoms with Gasteiger partial charge in [0.05, 0.1) is 17.3 Å². The van der Waals surface area contributed by atoms with Gasteiger partial charge in [-0.25, -0.2) is 0 Å². The van der Waals surface area contributed by atoms with Gasteiger partial charge < -0.3 is 10.6 Å². The van der Waals surface area contributed by atoms with Crippen LogP contribution in [0.25, 0.3) is 0 Å². The van der Waals surface area contributed by atoms with Gasteiger partial charge >= 0.3 is 0 Å². The van der Waals surface area contributed by atoms with Crippen LogP contribution in [-0.2, 0) is 4.79 Å². The number of carbonyl (C=O) groups excluding carboxylic acids is 1. The number of rotatable bonds is 3.